The van der Waals surface area contributed by atoms with Gasteiger partial charge in [0.1, 0.15) is 0 Å². The lowest BCUT2D eigenvalue weighted by atomic mass is 9.94. The Balaban J connectivity index is 3.19. The first-order valence-electron chi connectivity index (χ1n) is 4.88. The van der Waals surface area contributed by atoms with Gasteiger partial charge in [0, 0.05) is 6.20 Å². The van der Waals surface area contributed by atoms with E-state index in [0.29, 0.717) is 5.92 Å². The maximum absolute atomic E-state index is 3.80. The predicted octanol–water partition coefficient (Wildman–Crippen LogP) is 3.87. The lowest BCUT2D eigenvalue weighted by Gasteiger charge is -2.12. The van der Waals surface area contributed by atoms with E-state index in [1.54, 1.807) is 6.20 Å². The summed E-state index contributed by atoms with van der Waals surface area (Å²) in [6.07, 6.45) is 1.81. The molecule has 0 aliphatic carbocycles. The Morgan fingerprint density at radius 1 is 1.36 bits per heavy atom. The molecule has 0 aliphatic heterocycles. The van der Waals surface area contributed by atoms with Gasteiger partial charge in [0.25, 0.3) is 0 Å². The van der Waals surface area contributed by atoms with Crippen LogP contribution in [-0.2, 0) is 0 Å². The summed E-state index contributed by atoms with van der Waals surface area (Å²) in [7, 11) is 0. The summed E-state index contributed by atoms with van der Waals surface area (Å²) in [4.78, 5) is 3.80. The van der Waals surface area contributed by atoms with Gasteiger partial charge in [0.05, 0.1) is 0 Å². The second-order valence-electron chi connectivity index (χ2n) is 3.74. The molecule has 1 heteroatoms. The van der Waals surface area contributed by atoms with Crippen LogP contribution in [0.2, 0.25) is 0 Å². The third-order valence-corrected chi connectivity index (χ3v) is 2.29. The van der Waals surface area contributed by atoms with Crippen molar-refractivity contribution >= 4 is 12.3 Å². The molecule has 0 bridgehead atoms. The average Bonchev–Trinajstić information content (AvgIpc) is 2.18. The van der Waals surface area contributed by atoms with Gasteiger partial charge in [0.15, 0.2) is 0 Å². The molecule has 1 aromatic carbocycles. The maximum atomic E-state index is 3.80. The molecule has 1 nitrogen and oxygen atoms in total. The highest BCUT2D eigenvalue weighted by atomic mass is 14.6. The minimum Gasteiger partial charge on any atom is -0.272 e. The zero-order chi connectivity index (χ0) is 10.6. The van der Waals surface area contributed by atoms with Crippen molar-refractivity contribution in [1.82, 2.24) is 0 Å². The minimum absolute atomic E-state index is 0.541. The minimum atomic E-state index is 0.541. The third-order valence-electron chi connectivity index (χ3n) is 2.29. The predicted molar refractivity (Wildman–Crippen MR) is 63.7 cm³/mol. The number of rotatable bonds is 3. The molecule has 14 heavy (non-hydrogen) atoms. The number of nitrogens with zero attached hydrogens (tertiary/aromatic N) is 1. The van der Waals surface area contributed by atoms with Gasteiger partial charge in [-0.05, 0) is 36.3 Å². The third kappa shape index (κ3) is 2.32. The van der Waals surface area contributed by atoms with Gasteiger partial charge >= 0.3 is 0 Å². The molecule has 0 spiro atoms. The topological polar surface area (TPSA) is 12.4 Å². The molecule has 0 unspecified atom stereocenters. The Kier molecular flexibility index (Phi) is 3.63. The second kappa shape index (κ2) is 4.75. The van der Waals surface area contributed by atoms with E-state index in [0.717, 1.165) is 0 Å². The first kappa shape index (κ1) is 10.7. The highest BCUT2D eigenvalue weighted by Gasteiger charge is 2.06. The lowest BCUT2D eigenvalue weighted by Crippen LogP contribution is -1.93. The van der Waals surface area contributed by atoms with Gasteiger partial charge in [0.2, 0.25) is 0 Å². The Labute approximate surface area is 86.2 Å². The van der Waals surface area contributed by atoms with Gasteiger partial charge in [-0.1, -0.05) is 38.1 Å². The number of aliphatic imine (C=N–C) groups is 1. The van der Waals surface area contributed by atoms with Crippen molar-refractivity contribution in [2.45, 2.75) is 26.7 Å². The summed E-state index contributed by atoms with van der Waals surface area (Å²) in [5.74, 6) is 0.541. The van der Waals surface area contributed by atoms with Crippen LogP contribution in [0, 0.1) is 0 Å². The lowest BCUT2D eigenvalue weighted by molar-refractivity contribution is 0.862. The van der Waals surface area contributed by atoms with Crippen molar-refractivity contribution in [3.05, 3.63) is 41.6 Å². The van der Waals surface area contributed by atoms with E-state index in [-0.39, 0.29) is 0 Å². The molecule has 0 saturated carbocycles. The molecule has 0 fully saturated rings. The molecule has 74 valence electrons. The SMILES string of the molecule is C=N/C=C(/C)c1ccccc1C(C)C. The Morgan fingerprint density at radius 3 is 2.57 bits per heavy atom. The van der Waals surface area contributed by atoms with Crippen molar-refractivity contribution in [3.8, 4) is 0 Å². The van der Waals surface area contributed by atoms with E-state index in [4.69, 9.17) is 0 Å². The fourth-order valence-electron chi connectivity index (χ4n) is 1.57. The molecule has 1 aromatic rings. The largest absolute Gasteiger partial charge is 0.272 e. The van der Waals surface area contributed by atoms with Gasteiger partial charge < -0.3 is 0 Å². The molecule has 0 amide bonds. The quantitative estimate of drug-likeness (QED) is 0.637. The molecule has 0 atom stereocenters. The fourth-order valence-corrected chi connectivity index (χ4v) is 1.57. The number of allylic oxidation sites excluding steroid dienone is 1. The average molecular weight is 187 g/mol. The fraction of sp³-hybridized carbons (Fsp3) is 0.308. The summed E-state index contributed by atoms with van der Waals surface area (Å²) in [6.45, 7) is 9.94. The summed E-state index contributed by atoms with van der Waals surface area (Å²) in [6, 6.07) is 8.43. The van der Waals surface area contributed by atoms with E-state index in [1.807, 2.05) is 0 Å². The molecule has 0 saturated heterocycles. The first-order valence-corrected chi connectivity index (χ1v) is 4.88. The van der Waals surface area contributed by atoms with Crippen LogP contribution >= 0.6 is 0 Å². The van der Waals surface area contributed by atoms with E-state index < -0.39 is 0 Å². The Hall–Kier alpha value is -1.37. The smallest absolute Gasteiger partial charge is 0.0295 e. The summed E-state index contributed by atoms with van der Waals surface area (Å²) >= 11 is 0. The number of hydrogen-bond acceptors (Lipinski definition) is 1. The Bertz CT molecular complexity index is 348. The van der Waals surface area contributed by atoms with Crippen molar-refractivity contribution < 1.29 is 0 Å². The normalized spacial score (nSPS) is 11.9. The maximum Gasteiger partial charge on any atom is 0.0295 e. The summed E-state index contributed by atoms with van der Waals surface area (Å²) in [5, 5.41) is 0. The van der Waals surface area contributed by atoms with Crippen LogP contribution in [0.3, 0.4) is 0 Å². The van der Waals surface area contributed by atoms with Gasteiger partial charge in [-0.15, -0.1) is 0 Å². The molecular formula is C13H17N. The molecular weight excluding hydrogens is 170 g/mol. The highest BCUT2D eigenvalue weighted by molar-refractivity contribution is 5.67. The van der Waals surface area contributed by atoms with Crippen molar-refractivity contribution in [2.24, 2.45) is 4.99 Å². The van der Waals surface area contributed by atoms with E-state index in [9.17, 15) is 0 Å². The van der Waals surface area contributed by atoms with Gasteiger partial charge in [-0.25, -0.2) is 0 Å². The molecule has 0 aliphatic rings. The molecule has 1 rings (SSSR count). The van der Waals surface area contributed by atoms with Crippen molar-refractivity contribution in [3.63, 3.8) is 0 Å². The van der Waals surface area contributed by atoms with Gasteiger partial charge in [-0.2, -0.15) is 0 Å². The van der Waals surface area contributed by atoms with Crippen LogP contribution in [0.5, 0.6) is 0 Å². The standard InChI is InChI=1S/C13H17N/c1-10(2)12-7-5-6-8-13(12)11(3)9-14-4/h5-10H,4H2,1-3H3/b11-9-. The number of hydrogen-bond donors (Lipinski definition) is 0. The van der Waals surface area contributed by atoms with Crippen molar-refractivity contribution in [1.29, 1.82) is 0 Å². The van der Waals surface area contributed by atoms with Crippen LogP contribution in [-0.4, -0.2) is 6.72 Å². The molecule has 0 N–H and O–H groups in total. The van der Waals surface area contributed by atoms with Crippen LogP contribution in [0.15, 0.2) is 35.5 Å². The number of benzene rings is 1. The Morgan fingerprint density at radius 2 is 2.00 bits per heavy atom. The van der Waals surface area contributed by atoms with E-state index in [2.05, 4.69) is 56.7 Å². The van der Waals surface area contributed by atoms with E-state index >= 15 is 0 Å². The first-order chi connectivity index (χ1) is 6.66. The zero-order valence-electron chi connectivity index (χ0n) is 9.12. The molecule has 0 radical (unpaired) electrons. The van der Waals surface area contributed by atoms with Gasteiger partial charge in [-0.3, -0.25) is 4.99 Å². The summed E-state index contributed by atoms with van der Waals surface area (Å²) < 4.78 is 0. The van der Waals surface area contributed by atoms with Crippen LogP contribution < -0.4 is 0 Å². The van der Waals surface area contributed by atoms with Crippen LogP contribution in [0.25, 0.3) is 5.57 Å². The second-order valence-corrected chi connectivity index (χ2v) is 3.74. The van der Waals surface area contributed by atoms with Crippen LogP contribution in [0.4, 0.5) is 0 Å². The highest BCUT2D eigenvalue weighted by Crippen LogP contribution is 2.25. The van der Waals surface area contributed by atoms with Crippen LogP contribution in [0.1, 0.15) is 37.8 Å². The summed E-state index contributed by atoms with van der Waals surface area (Å²) in [5.41, 5.74) is 3.81. The molecule has 0 heterocycles. The monoisotopic (exact) mass is 187 g/mol. The zero-order valence-corrected chi connectivity index (χ0v) is 9.12. The van der Waals surface area contributed by atoms with E-state index in [1.165, 1.54) is 16.7 Å². The molecule has 0 aromatic heterocycles. The van der Waals surface area contributed by atoms with Crippen molar-refractivity contribution in [2.75, 3.05) is 0 Å².